The molecule has 0 bridgehead atoms. The quantitative estimate of drug-likeness (QED) is 0.501. The van der Waals surface area contributed by atoms with Crippen LogP contribution in [0.15, 0.2) is 41.4 Å². The van der Waals surface area contributed by atoms with Gasteiger partial charge in [-0.2, -0.15) is 4.99 Å². The predicted molar refractivity (Wildman–Crippen MR) is 117 cm³/mol. The van der Waals surface area contributed by atoms with Crippen molar-refractivity contribution in [2.75, 3.05) is 27.9 Å². The molecule has 0 atom stereocenters. The van der Waals surface area contributed by atoms with Crippen molar-refractivity contribution in [3.63, 3.8) is 0 Å². The molecule has 0 aliphatic rings. The highest BCUT2D eigenvalue weighted by Crippen LogP contribution is 2.33. The van der Waals surface area contributed by atoms with Crippen LogP contribution in [0.3, 0.4) is 0 Å². The van der Waals surface area contributed by atoms with Crippen LogP contribution in [-0.4, -0.2) is 50.3 Å². The van der Waals surface area contributed by atoms with Gasteiger partial charge >= 0.3 is 11.9 Å². The maximum atomic E-state index is 12.8. The van der Waals surface area contributed by atoms with Crippen molar-refractivity contribution < 1.29 is 33.3 Å². The van der Waals surface area contributed by atoms with Crippen LogP contribution in [0.25, 0.3) is 10.2 Å². The molecule has 1 aromatic heterocycles. The molecule has 10 heteroatoms. The van der Waals surface area contributed by atoms with Gasteiger partial charge in [-0.25, -0.2) is 4.79 Å². The van der Waals surface area contributed by atoms with Crippen LogP contribution in [0.2, 0.25) is 0 Å². The van der Waals surface area contributed by atoms with Gasteiger partial charge in [-0.15, -0.1) is 0 Å². The van der Waals surface area contributed by atoms with Crippen molar-refractivity contribution in [3.05, 3.63) is 52.3 Å². The lowest BCUT2D eigenvalue weighted by atomic mass is 10.1. The third-order valence-electron chi connectivity index (χ3n) is 4.53. The summed E-state index contributed by atoms with van der Waals surface area (Å²) in [6, 6.07) is 9.44. The number of rotatable bonds is 7. The average Bonchev–Trinajstić information content (AvgIpc) is 3.13. The summed E-state index contributed by atoms with van der Waals surface area (Å²) < 4.78 is 22.8. The van der Waals surface area contributed by atoms with Crippen LogP contribution in [-0.2, 0) is 20.8 Å². The van der Waals surface area contributed by atoms with Crippen molar-refractivity contribution in [3.8, 4) is 11.5 Å². The number of benzene rings is 2. The second-order valence-electron chi connectivity index (χ2n) is 6.44. The number of aromatic nitrogens is 1. The minimum Gasteiger partial charge on any atom is -0.493 e. The Morgan fingerprint density at radius 1 is 0.969 bits per heavy atom. The first-order chi connectivity index (χ1) is 15.4. The highest BCUT2D eigenvalue weighted by Gasteiger charge is 2.16. The molecule has 0 saturated heterocycles. The number of carbonyl (C=O) groups is 3. The molecule has 1 amide bonds. The summed E-state index contributed by atoms with van der Waals surface area (Å²) in [5.41, 5.74) is 1.25. The van der Waals surface area contributed by atoms with Crippen molar-refractivity contribution in [2.45, 2.75) is 13.5 Å². The number of carbonyl (C=O) groups excluding carboxylic acids is 3. The number of nitrogens with zero attached hydrogens (tertiary/aromatic N) is 2. The second-order valence-corrected chi connectivity index (χ2v) is 7.45. The third kappa shape index (κ3) is 4.80. The van der Waals surface area contributed by atoms with Gasteiger partial charge in [-0.1, -0.05) is 11.3 Å². The summed E-state index contributed by atoms with van der Waals surface area (Å²) in [6.07, 6.45) is 0. The first-order valence-electron chi connectivity index (χ1n) is 9.60. The molecule has 9 nitrogen and oxygen atoms in total. The maximum Gasteiger partial charge on any atom is 0.337 e. The smallest absolute Gasteiger partial charge is 0.337 e. The third-order valence-corrected chi connectivity index (χ3v) is 5.57. The zero-order valence-corrected chi connectivity index (χ0v) is 18.9. The van der Waals surface area contributed by atoms with E-state index in [2.05, 4.69) is 9.73 Å². The van der Waals surface area contributed by atoms with Crippen LogP contribution < -0.4 is 14.3 Å². The van der Waals surface area contributed by atoms with E-state index in [-0.39, 0.29) is 18.7 Å². The summed E-state index contributed by atoms with van der Waals surface area (Å²) in [5.74, 6) is -0.490. The monoisotopic (exact) mass is 458 g/mol. The lowest BCUT2D eigenvalue weighted by molar-refractivity contribution is -0.143. The van der Waals surface area contributed by atoms with Crippen molar-refractivity contribution in [1.29, 1.82) is 0 Å². The first kappa shape index (κ1) is 23.0. The van der Waals surface area contributed by atoms with Gasteiger partial charge in [0.05, 0.1) is 43.7 Å². The molecule has 3 aromatic rings. The van der Waals surface area contributed by atoms with Gasteiger partial charge in [0, 0.05) is 17.7 Å². The molecule has 0 aliphatic carbocycles. The fraction of sp³-hybridized carbons (Fsp3) is 0.273. The van der Waals surface area contributed by atoms with E-state index >= 15 is 0 Å². The fourth-order valence-corrected chi connectivity index (χ4v) is 4.03. The van der Waals surface area contributed by atoms with E-state index < -0.39 is 17.8 Å². The Morgan fingerprint density at radius 3 is 2.19 bits per heavy atom. The predicted octanol–water partition coefficient (Wildman–Crippen LogP) is 2.81. The Kier molecular flexibility index (Phi) is 7.26. The topological polar surface area (TPSA) is 105 Å². The van der Waals surface area contributed by atoms with Gasteiger partial charge in [-0.05, 0) is 31.2 Å². The van der Waals surface area contributed by atoms with E-state index in [0.717, 1.165) is 4.70 Å². The summed E-state index contributed by atoms with van der Waals surface area (Å²) in [5, 5.41) is 0. The number of methoxy groups -OCH3 is 3. The van der Waals surface area contributed by atoms with E-state index in [1.54, 1.807) is 23.6 Å². The minimum atomic E-state index is -0.524. The number of amides is 1. The molecule has 0 unspecified atom stereocenters. The lowest BCUT2D eigenvalue weighted by Crippen LogP contribution is -2.23. The highest BCUT2D eigenvalue weighted by molar-refractivity contribution is 7.16. The summed E-state index contributed by atoms with van der Waals surface area (Å²) in [7, 11) is 4.32. The van der Waals surface area contributed by atoms with Crippen LogP contribution >= 0.6 is 11.3 Å². The molecular formula is C22H22N2O7S. The molecule has 2 aromatic carbocycles. The van der Waals surface area contributed by atoms with Gasteiger partial charge < -0.3 is 23.5 Å². The Balaban J connectivity index is 2.10. The average molecular weight is 458 g/mol. The van der Waals surface area contributed by atoms with Crippen LogP contribution in [0.1, 0.15) is 27.6 Å². The number of fused-ring (bicyclic) bond motifs is 1. The van der Waals surface area contributed by atoms with E-state index in [1.807, 2.05) is 0 Å². The molecule has 1 heterocycles. The SMILES string of the molecule is CCOC(=O)Cn1c(=NC(=O)c2ccc(C(=O)OC)cc2)sc2cc(OC)c(OC)cc21. The van der Waals surface area contributed by atoms with Crippen LogP contribution in [0.4, 0.5) is 0 Å². The van der Waals surface area contributed by atoms with E-state index in [9.17, 15) is 14.4 Å². The number of ether oxygens (including phenoxy) is 4. The highest BCUT2D eigenvalue weighted by atomic mass is 32.1. The van der Waals surface area contributed by atoms with E-state index in [4.69, 9.17) is 14.2 Å². The molecule has 0 spiro atoms. The molecule has 0 N–H and O–H groups in total. The van der Waals surface area contributed by atoms with E-state index in [1.165, 1.54) is 56.9 Å². The van der Waals surface area contributed by atoms with Crippen molar-refractivity contribution >= 4 is 39.4 Å². The molecule has 168 valence electrons. The standard InChI is InChI=1S/C22H22N2O7S/c1-5-31-19(25)12-24-15-10-16(28-2)17(29-3)11-18(15)32-22(24)23-20(26)13-6-8-14(9-7-13)21(27)30-4/h6-11H,5,12H2,1-4H3. The minimum absolute atomic E-state index is 0.128. The van der Waals surface area contributed by atoms with Gasteiger partial charge in [0.25, 0.3) is 5.91 Å². The molecule has 0 fully saturated rings. The summed E-state index contributed by atoms with van der Waals surface area (Å²) in [4.78, 5) is 41.1. The lowest BCUT2D eigenvalue weighted by Gasteiger charge is -2.09. The summed E-state index contributed by atoms with van der Waals surface area (Å²) in [6.45, 7) is 1.82. The maximum absolute atomic E-state index is 12.8. The largest absolute Gasteiger partial charge is 0.493 e. The Bertz CT molecular complexity index is 1230. The Morgan fingerprint density at radius 2 is 1.59 bits per heavy atom. The molecular weight excluding hydrogens is 436 g/mol. The zero-order valence-electron chi connectivity index (χ0n) is 18.0. The number of thiazole rings is 1. The molecule has 0 radical (unpaired) electrons. The molecule has 0 aliphatic heterocycles. The first-order valence-corrected chi connectivity index (χ1v) is 10.4. The zero-order chi connectivity index (χ0) is 23.3. The Labute approximate surface area is 187 Å². The van der Waals surface area contributed by atoms with Crippen LogP contribution in [0.5, 0.6) is 11.5 Å². The van der Waals surface area contributed by atoms with Gasteiger partial charge in [0.1, 0.15) is 6.54 Å². The van der Waals surface area contributed by atoms with Gasteiger partial charge in [-0.3, -0.25) is 9.59 Å². The molecule has 3 rings (SSSR count). The fourth-order valence-electron chi connectivity index (χ4n) is 2.99. The van der Waals surface area contributed by atoms with Gasteiger partial charge in [0.2, 0.25) is 0 Å². The number of hydrogen-bond donors (Lipinski definition) is 0. The molecule has 0 saturated carbocycles. The normalized spacial score (nSPS) is 11.3. The van der Waals surface area contributed by atoms with Crippen LogP contribution in [0, 0.1) is 0 Å². The van der Waals surface area contributed by atoms with Crippen molar-refractivity contribution in [1.82, 2.24) is 4.57 Å². The van der Waals surface area contributed by atoms with Gasteiger partial charge in [0.15, 0.2) is 16.3 Å². The second kappa shape index (κ2) is 10.1. The van der Waals surface area contributed by atoms with Crippen molar-refractivity contribution in [2.24, 2.45) is 4.99 Å². The van der Waals surface area contributed by atoms with E-state index in [0.29, 0.717) is 27.4 Å². The number of hydrogen-bond acceptors (Lipinski definition) is 8. The number of esters is 2. The molecule has 32 heavy (non-hydrogen) atoms. The Hall–Kier alpha value is -3.66. The summed E-state index contributed by atoms with van der Waals surface area (Å²) >= 11 is 1.23.